The molecule has 2 heterocycles. The van der Waals surface area contributed by atoms with E-state index in [1.54, 1.807) is 13.8 Å². The summed E-state index contributed by atoms with van der Waals surface area (Å²) < 4.78 is 0. The molecule has 0 spiro atoms. The van der Waals surface area contributed by atoms with Crippen molar-refractivity contribution in [1.29, 1.82) is 0 Å². The summed E-state index contributed by atoms with van der Waals surface area (Å²) in [4.78, 5) is 127. The SMILES string of the molecule is CC(C)[C@H](NC(=O)[C@H](CCCCN)NC(=O)[C@@H]1CCCN1C(=O)[C@H](CO)NC(=O)[C@H](CO)NC(=O)[C@H](C)N)C(=O)N[C@@H](C)C(=O)N[C@@H](Cc1ccc(O)cc1)C(=O)N[C@@H](Cc1cnc[nH]1)C(=O)O. The van der Waals surface area contributed by atoms with Crippen LogP contribution in [-0.4, -0.2) is 169 Å². The van der Waals surface area contributed by atoms with Crippen LogP contribution in [0.5, 0.6) is 5.75 Å². The van der Waals surface area contributed by atoms with Gasteiger partial charge in [-0.25, -0.2) is 9.78 Å². The molecule has 0 aliphatic carbocycles. The Morgan fingerprint density at radius 2 is 1.34 bits per heavy atom. The number of aromatic hydroxyl groups is 1. The fourth-order valence-electron chi connectivity index (χ4n) is 7.11. The summed E-state index contributed by atoms with van der Waals surface area (Å²) in [6, 6.07) is -6.03. The van der Waals surface area contributed by atoms with Crippen molar-refractivity contribution in [3.63, 3.8) is 0 Å². The molecule has 25 nitrogen and oxygen atoms in total. The largest absolute Gasteiger partial charge is 0.508 e. The lowest BCUT2D eigenvalue weighted by molar-refractivity contribution is -0.143. The first kappa shape index (κ1) is 55.6. The zero-order valence-corrected chi connectivity index (χ0v) is 38.5. The summed E-state index contributed by atoms with van der Waals surface area (Å²) in [6.07, 6.45) is 3.88. The molecule has 1 saturated heterocycles. The highest BCUT2D eigenvalue weighted by molar-refractivity contribution is 5.98. The number of aliphatic hydroxyl groups is 2. The number of benzene rings is 1. The number of aromatic amines is 1. The molecule has 3 rings (SSSR count). The molecule has 0 radical (unpaired) electrons. The van der Waals surface area contributed by atoms with Crippen molar-refractivity contribution in [2.24, 2.45) is 17.4 Å². The molecule has 25 heteroatoms. The smallest absolute Gasteiger partial charge is 0.326 e. The number of H-pyrrole nitrogens is 1. The van der Waals surface area contributed by atoms with Crippen LogP contribution < -0.4 is 48.7 Å². The van der Waals surface area contributed by atoms with Crippen molar-refractivity contribution in [3.8, 4) is 5.75 Å². The fourth-order valence-corrected chi connectivity index (χ4v) is 7.11. The van der Waals surface area contributed by atoms with Gasteiger partial charge in [0.05, 0.1) is 25.6 Å². The number of nitrogens with zero attached hydrogens (tertiary/aromatic N) is 2. The van der Waals surface area contributed by atoms with Crippen LogP contribution >= 0.6 is 0 Å². The van der Waals surface area contributed by atoms with Crippen LogP contribution in [0.3, 0.4) is 0 Å². The fraction of sp³-hybridized carbons (Fsp3) is 0.581. The molecule has 68 heavy (non-hydrogen) atoms. The molecule has 8 amide bonds. The van der Waals surface area contributed by atoms with Crippen LogP contribution in [0.25, 0.3) is 0 Å². The van der Waals surface area contributed by atoms with E-state index in [1.165, 1.54) is 50.6 Å². The molecule has 0 saturated carbocycles. The molecular weight excluding hydrogens is 893 g/mol. The van der Waals surface area contributed by atoms with E-state index in [1.807, 2.05) is 0 Å². The third kappa shape index (κ3) is 16.9. The number of phenols is 1. The van der Waals surface area contributed by atoms with Gasteiger partial charge >= 0.3 is 5.97 Å². The van der Waals surface area contributed by atoms with Crippen LogP contribution in [0.4, 0.5) is 0 Å². The van der Waals surface area contributed by atoms with Crippen molar-refractivity contribution in [2.45, 2.75) is 127 Å². The number of imidazole rings is 1. The van der Waals surface area contributed by atoms with Crippen LogP contribution in [0.2, 0.25) is 0 Å². The van der Waals surface area contributed by atoms with E-state index in [4.69, 9.17) is 11.5 Å². The minimum absolute atomic E-state index is 0.0522. The Kier molecular flexibility index (Phi) is 22.2. The second-order valence-corrected chi connectivity index (χ2v) is 16.9. The van der Waals surface area contributed by atoms with Gasteiger partial charge in [0.2, 0.25) is 47.3 Å². The molecule has 1 aliphatic heterocycles. The van der Waals surface area contributed by atoms with Crippen molar-refractivity contribution >= 4 is 53.2 Å². The predicted octanol–water partition coefficient (Wildman–Crippen LogP) is -4.49. The maximum atomic E-state index is 13.9. The maximum Gasteiger partial charge on any atom is 0.326 e. The lowest BCUT2D eigenvalue weighted by atomic mass is 10.0. The van der Waals surface area contributed by atoms with Gasteiger partial charge in [-0.05, 0) is 76.1 Å². The molecule has 0 bridgehead atoms. The quantitative estimate of drug-likeness (QED) is 0.0375. The lowest BCUT2D eigenvalue weighted by Crippen LogP contribution is -2.61. The van der Waals surface area contributed by atoms with Gasteiger partial charge in [0.1, 0.15) is 54.1 Å². The summed E-state index contributed by atoms with van der Waals surface area (Å²) in [5.74, 6) is -8.54. The molecule has 1 fully saturated rings. The number of carboxylic acids is 1. The summed E-state index contributed by atoms with van der Waals surface area (Å²) in [6.45, 7) is 4.54. The number of aliphatic carboxylic acids is 1. The van der Waals surface area contributed by atoms with Crippen molar-refractivity contribution in [1.82, 2.24) is 52.1 Å². The highest BCUT2D eigenvalue weighted by Crippen LogP contribution is 2.20. The molecule has 1 aromatic heterocycles. The van der Waals surface area contributed by atoms with E-state index >= 15 is 0 Å². The molecule has 1 aliphatic rings. The average molecular weight is 959 g/mol. The lowest BCUT2D eigenvalue weighted by Gasteiger charge is -2.30. The Hall–Kier alpha value is -6.70. The predicted molar refractivity (Wildman–Crippen MR) is 241 cm³/mol. The Balaban J connectivity index is 1.73. The normalized spacial score (nSPS) is 17.0. The molecule has 16 N–H and O–H groups in total. The zero-order chi connectivity index (χ0) is 50.7. The molecular formula is C43H66N12O13. The number of carboxylic acid groups (broad SMARTS) is 1. The van der Waals surface area contributed by atoms with Crippen molar-refractivity contribution in [3.05, 3.63) is 48.0 Å². The van der Waals surface area contributed by atoms with Gasteiger partial charge < -0.3 is 79.0 Å². The summed E-state index contributed by atoms with van der Waals surface area (Å²) in [5, 5.41) is 56.7. The number of aromatic nitrogens is 2. The maximum absolute atomic E-state index is 13.9. The number of rotatable bonds is 27. The number of hydrogen-bond acceptors (Lipinski definition) is 15. The Morgan fingerprint density at radius 3 is 1.91 bits per heavy atom. The molecule has 0 unspecified atom stereocenters. The minimum Gasteiger partial charge on any atom is -0.508 e. The van der Waals surface area contributed by atoms with E-state index in [0.717, 1.165) is 4.90 Å². The van der Waals surface area contributed by atoms with Crippen molar-refractivity contribution in [2.75, 3.05) is 26.3 Å². The number of amides is 8. The number of nitrogens with two attached hydrogens (primary N) is 2. The molecule has 2 aromatic rings. The van der Waals surface area contributed by atoms with Gasteiger partial charge in [0.15, 0.2) is 0 Å². The Morgan fingerprint density at radius 1 is 0.735 bits per heavy atom. The van der Waals surface area contributed by atoms with E-state index in [9.17, 15) is 63.6 Å². The van der Waals surface area contributed by atoms with Crippen LogP contribution in [-0.2, 0) is 56.0 Å². The molecule has 1 aromatic carbocycles. The van der Waals surface area contributed by atoms with Gasteiger partial charge in [0.25, 0.3) is 0 Å². The van der Waals surface area contributed by atoms with E-state index in [2.05, 4.69) is 47.2 Å². The first-order valence-electron chi connectivity index (χ1n) is 22.3. The van der Waals surface area contributed by atoms with Gasteiger partial charge in [-0.2, -0.15) is 0 Å². The topological polar surface area (TPSA) is 403 Å². The van der Waals surface area contributed by atoms with Crippen LogP contribution in [0.1, 0.15) is 71.1 Å². The Labute approximate surface area is 392 Å². The monoisotopic (exact) mass is 958 g/mol. The number of hydrogen-bond donors (Lipinski definition) is 14. The second kappa shape index (κ2) is 27.2. The number of likely N-dealkylation sites (tertiary alicyclic amines) is 1. The zero-order valence-electron chi connectivity index (χ0n) is 38.5. The Bertz CT molecular complexity index is 2040. The first-order chi connectivity index (χ1) is 32.2. The van der Waals surface area contributed by atoms with Gasteiger partial charge in [-0.15, -0.1) is 0 Å². The number of carbonyl (C=O) groups is 9. The number of carbonyl (C=O) groups excluding carboxylic acids is 8. The molecule has 9 atom stereocenters. The van der Waals surface area contributed by atoms with E-state index < -0.39 is 127 Å². The summed E-state index contributed by atoms with van der Waals surface area (Å²) in [5.41, 5.74) is 12.1. The number of unbranched alkanes of at least 4 members (excludes halogenated alkanes) is 1. The van der Waals surface area contributed by atoms with Gasteiger partial charge in [-0.3, -0.25) is 38.4 Å². The number of phenolic OH excluding ortho intramolecular Hbond substituents is 1. The van der Waals surface area contributed by atoms with E-state index in [-0.39, 0.29) is 44.5 Å². The van der Waals surface area contributed by atoms with Gasteiger partial charge in [-0.1, -0.05) is 26.0 Å². The number of nitrogens with one attached hydrogen (secondary N) is 8. The summed E-state index contributed by atoms with van der Waals surface area (Å²) in [7, 11) is 0. The van der Waals surface area contributed by atoms with Crippen LogP contribution in [0.15, 0.2) is 36.8 Å². The average Bonchev–Trinajstić information content (AvgIpc) is 4.01. The summed E-state index contributed by atoms with van der Waals surface area (Å²) >= 11 is 0. The highest BCUT2D eigenvalue weighted by atomic mass is 16.4. The number of aliphatic hydroxyl groups excluding tert-OH is 2. The van der Waals surface area contributed by atoms with Crippen LogP contribution in [0, 0.1) is 5.92 Å². The first-order valence-corrected chi connectivity index (χ1v) is 22.3. The van der Waals surface area contributed by atoms with Crippen molar-refractivity contribution < 1.29 is 63.6 Å². The highest BCUT2D eigenvalue weighted by Gasteiger charge is 2.40. The van der Waals surface area contributed by atoms with E-state index in [0.29, 0.717) is 30.5 Å². The second-order valence-electron chi connectivity index (χ2n) is 16.9. The third-order valence-electron chi connectivity index (χ3n) is 11.0. The third-order valence-corrected chi connectivity index (χ3v) is 11.0. The van der Waals surface area contributed by atoms with Gasteiger partial charge in [0, 0.05) is 31.3 Å². The standard InChI is InChI=1S/C43H66N12O13/c1-22(2)34(41(65)48-24(4)36(60)50-29(16-25-10-12-27(58)13-11-25)38(62)51-30(43(67)68)17-26-18-46-21-47-26)54-37(61)28(8-5-6-14-44)49-40(64)33-9-7-15-55(33)42(66)32(20-57)53-39(63)31(19-56)52-35(59)23(3)45/h10-13,18,21-24,28-34,56-58H,5-9,14-17,19-20,44-45H2,1-4H3,(H,46,47)(H,48,65)(H,49,64)(H,50,60)(H,51,62)(H,52,59)(H,53,63)(H,54,61)(H,67,68)/t23-,24-,28-,29-,30-,31-,32-,33-,34-/m0/s1. The minimum atomic E-state index is -1.57. The molecule has 376 valence electrons.